The maximum atomic E-state index is 4.35. The molecule has 20 heavy (non-hydrogen) atoms. The van der Waals surface area contributed by atoms with Gasteiger partial charge in [0.05, 0.1) is 12.6 Å². The molecule has 0 radical (unpaired) electrons. The molecule has 3 atom stereocenters. The lowest BCUT2D eigenvalue weighted by atomic mass is 9.68. The van der Waals surface area contributed by atoms with Gasteiger partial charge >= 0.3 is 0 Å². The summed E-state index contributed by atoms with van der Waals surface area (Å²) in [6.45, 7) is 12.3. The normalized spacial score (nSPS) is 35.1. The minimum atomic E-state index is 0.287. The highest BCUT2D eigenvalue weighted by Crippen LogP contribution is 2.67. The fourth-order valence-corrected chi connectivity index (χ4v) is 4.71. The van der Waals surface area contributed by atoms with Gasteiger partial charge in [-0.2, -0.15) is 0 Å². The van der Waals surface area contributed by atoms with E-state index in [-0.39, 0.29) is 5.41 Å². The van der Waals surface area contributed by atoms with Crippen molar-refractivity contribution in [2.75, 3.05) is 0 Å². The third kappa shape index (κ3) is 1.98. The van der Waals surface area contributed by atoms with Crippen LogP contribution in [0, 0.1) is 16.7 Å². The molecule has 3 unspecified atom stereocenters. The third-order valence-electron chi connectivity index (χ3n) is 5.67. The van der Waals surface area contributed by atoms with Crippen molar-refractivity contribution < 1.29 is 0 Å². The number of aromatic nitrogens is 4. The monoisotopic (exact) mass is 277 g/mol. The highest BCUT2D eigenvalue weighted by Gasteiger charge is 2.61. The standard InChI is InChI=1S/C15H27N5/c1-10(2)16-9-12-17-18-19-20(12)13-14(3,4)11-6-7-15(13,5)8-11/h10-11,13,16H,6-9H2,1-5H3. The highest BCUT2D eigenvalue weighted by atomic mass is 15.6. The smallest absolute Gasteiger partial charge is 0.165 e. The number of hydrogen-bond donors (Lipinski definition) is 1. The lowest BCUT2D eigenvalue weighted by Gasteiger charge is -2.42. The first kappa shape index (κ1) is 14.0. The second-order valence-electron chi connectivity index (χ2n) is 7.89. The summed E-state index contributed by atoms with van der Waals surface area (Å²) >= 11 is 0. The first-order valence-electron chi connectivity index (χ1n) is 7.85. The zero-order valence-corrected chi connectivity index (χ0v) is 13.3. The zero-order chi connectivity index (χ0) is 14.5. The summed E-state index contributed by atoms with van der Waals surface area (Å²) in [4.78, 5) is 0. The predicted octanol–water partition coefficient (Wildman–Crippen LogP) is 2.56. The van der Waals surface area contributed by atoms with Gasteiger partial charge in [-0.3, -0.25) is 0 Å². The Balaban J connectivity index is 1.91. The van der Waals surface area contributed by atoms with Gasteiger partial charge in [-0.1, -0.05) is 34.6 Å². The van der Waals surface area contributed by atoms with Gasteiger partial charge < -0.3 is 5.32 Å². The summed E-state index contributed by atoms with van der Waals surface area (Å²) in [5, 5.41) is 16.0. The molecular weight excluding hydrogens is 250 g/mol. The van der Waals surface area contributed by atoms with Gasteiger partial charge in [-0.25, -0.2) is 4.68 Å². The average Bonchev–Trinajstić information content (AvgIpc) is 2.97. The Bertz CT molecular complexity index is 487. The van der Waals surface area contributed by atoms with Crippen molar-refractivity contribution in [3.8, 4) is 0 Å². The molecule has 5 nitrogen and oxygen atoms in total. The SMILES string of the molecule is CC(C)NCc1nnnn1C1C2(C)CCC(C2)C1(C)C. The second kappa shape index (κ2) is 4.52. The van der Waals surface area contributed by atoms with Crippen molar-refractivity contribution in [1.29, 1.82) is 0 Å². The van der Waals surface area contributed by atoms with E-state index in [1.807, 2.05) is 0 Å². The Morgan fingerprint density at radius 1 is 1.35 bits per heavy atom. The molecule has 2 saturated carbocycles. The Morgan fingerprint density at radius 2 is 2.10 bits per heavy atom. The van der Waals surface area contributed by atoms with E-state index >= 15 is 0 Å². The number of nitrogens with zero attached hydrogens (tertiary/aromatic N) is 4. The molecule has 1 heterocycles. The molecule has 1 N–H and O–H groups in total. The molecule has 1 aromatic heterocycles. The Morgan fingerprint density at radius 3 is 2.70 bits per heavy atom. The van der Waals surface area contributed by atoms with Crippen molar-refractivity contribution in [2.45, 2.75) is 72.5 Å². The molecular formula is C15H27N5. The minimum Gasteiger partial charge on any atom is -0.308 e. The third-order valence-corrected chi connectivity index (χ3v) is 5.67. The van der Waals surface area contributed by atoms with Crippen LogP contribution in [0.4, 0.5) is 0 Å². The van der Waals surface area contributed by atoms with Crippen LogP contribution < -0.4 is 5.32 Å². The van der Waals surface area contributed by atoms with Crippen LogP contribution in [0.2, 0.25) is 0 Å². The fraction of sp³-hybridized carbons (Fsp3) is 0.933. The highest BCUT2D eigenvalue weighted by molar-refractivity contribution is 5.11. The summed E-state index contributed by atoms with van der Waals surface area (Å²) < 4.78 is 2.12. The Hall–Kier alpha value is -0.970. The van der Waals surface area contributed by atoms with E-state index in [9.17, 15) is 0 Å². The molecule has 112 valence electrons. The van der Waals surface area contributed by atoms with Gasteiger partial charge in [0.15, 0.2) is 5.82 Å². The van der Waals surface area contributed by atoms with Crippen LogP contribution in [0.15, 0.2) is 0 Å². The molecule has 0 aliphatic heterocycles. The van der Waals surface area contributed by atoms with Crippen LogP contribution in [-0.4, -0.2) is 26.2 Å². The molecule has 0 amide bonds. The van der Waals surface area contributed by atoms with Gasteiger partial charge in [-0.05, 0) is 46.4 Å². The van der Waals surface area contributed by atoms with Crippen LogP contribution >= 0.6 is 0 Å². The van der Waals surface area contributed by atoms with E-state index in [2.05, 4.69) is 60.1 Å². The van der Waals surface area contributed by atoms with E-state index in [1.54, 1.807) is 0 Å². The summed E-state index contributed by atoms with van der Waals surface area (Å²) in [5.41, 5.74) is 0.644. The van der Waals surface area contributed by atoms with E-state index < -0.39 is 0 Å². The first-order valence-corrected chi connectivity index (χ1v) is 7.85. The zero-order valence-electron chi connectivity index (χ0n) is 13.3. The number of nitrogens with one attached hydrogen (secondary N) is 1. The molecule has 3 rings (SSSR count). The van der Waals surface area contributed by atoms with Crippen LogP contribution in [0.1, 0.15) is 65.7 Å². The molecule has 0 aromatic carbocycles. The summed E-state index contributed by atoms with van der Waals surface area (Å²) in [5.74, 6) is 1.79. The molecule has 2 aliphatic carbocycles. The van der Waals surface area contributed by atoms with E-state index in [0.717, 1.165) is 18.3 Å². The van der Waals surface area contributed by atoms with Crippen LogP contribution in [0.3, 0.4) is 0 Å². The van der Waals surface area contributed by atoms with E-state index in [0.29, 0.717) is 17.5 Å². The van der Waals surface area contributed by atoms with Crippen molar-refractivity contribution >= 4 is 0 Å². The van der Waals surface area contributed by atoms with Crippen LogP contribution in [0.5, 0.6) is 0 Å². The average molecular weight is 277 g/mol. The Labute approximate surface area is 121 Å². The summed E-state index contributed by atoms with van der Waals surface area (Å²) in [6.07, 6.45) is 3.99. The predicted molar refractivity (Wildman–Crippen MR) is 78.1 cm³/mol. The number of tetrazole rings is 1. The topological polar surface area (TPSA) is 55.6 Å². The molecule has 2 bridgehead atoms. The maximum absolute atomic E-state index is 4.35. The molecule has 2 aliphatic rings. The molecule has 0 saturated heterocycles. The van der Waals surface area contributed by atoms with Crippen molar-refractivity contribution in [2.24, 2.45) is 16.7 Å². The summed E-state index contributed by atoms with van der Waals surface area (Å²) in [6, 6.07) is 0.872. The Kier molecular flexibility index (Phi) is 3.16. The maximum Gasteiger partial charge on any atom is 0.165 e. The molecule has 5 heteroatoms. The van der Waals surface area contributed by atoms with Crippen molar-refractivity contribution in [3.05, 3.63) is 5.82 Å². The number of rotatable bonds is 4. The van der Waals surface area contributed by atoms with Gasteiger partial charge in [0.25, 0.3) is 0 Å². The summed E-state index contributed by atoms with van der Waals surface area (Å²) in [7, 11) is 0. The number of fused-ring (bicyclic) bond motifs is 2. The quantitative estimate of drug-likeness (QED) is 0.919. The lowest BCUT2D eigenvalue weighted by Crippen LogP contribution is -2.39. The molecule has 1 aromatic rings. The van der Waals surface area contributed by atoms with Gasteiger partial charge in [-0.15, -0.1) is 5.10 Å². The van der Waals surface area contributed by atoms with Crippen molar-refractivity contribution in [3.63, 3.8) is 0 Å². The van der Waals surface area contributed by atoms with Gasteiger partial charge in [0.1, 0.15) is 0 Å². The van der Waals surface area contributed by atoms with E-state index in [4.69, 9.17) is 0 Å². The van der Waals surface area contributed by atoms with Gasteiger partial charge in [0.2, 0.25) is 0 Å². The second-order valence-corrected chi connectivity index (χ2v) is 7.89. The van der Waals surface area contributed by atoms with Gasteiger partial charge in [0, 0.05) is 6.04 Å². The number of hydrogen-bond acceptors (Lipinski definition) is 4. The molecule has 0 spiro atoms. The van der Waals surface area contributed by atoms with Crippen LogP contribution in [0.25, 0.3) is 0 Å². The first-order chi connectivity index (χ1) is 9.34. The largest absolute Gasteiger partial charge is 0.308 e. The van der Waals surface area contributed by atoms with Crippen molar-refractivity contribution in [1.82, 2.24) is 25.5 Å². The molecule has 2 fully saturated rings. The lowest BCUT2D eigenvalue weighted by molar-refractivity contribution is 0.0691. The fourth-order valence-electron chi connectivity index (χ4n) is 4.71. The minimum absolute atomic E-state index is 0.287. The van der Waals surface area contributed by atoms with E-state index in [1.165, 1.54) is 19.3 Å². The van der Waals surface area contributed by atoms with Crippen LogP contribution in [-0.2, 0) is 6.54 Å².